The van der Waals surface area contributed by atoms with Gasteiger partial charge in [0, 0.05) is 17.8 Å². The molecule has 1 aliphatic heterocycles. The molecule has 1 aromatic rings. The van der Waals surface area contributed by atoms with Gasteiger partial charge >= 0.3 is 10.2 Å². The number of hydrogen-bond acceptors (Lipinski definition) is 3. The average molecular weight is 267 g/mol. The van der Waals surface area contributed by atoms with Crippen LogP contribution in [0.1, 0.15) is 25.3 Å². The Morgan fingerprint density at radius 1 is 1.39 bits per heavy atom. The van der Waals surface area contributed by atoms with Gasteiger partial charge in [0.05, 0.1) is 5.69 Å². The molecule has 1 heterocycles. The highest BCUT2D eigenvalue weighted by Crippen LogP contribution is 2.36. The molecule has 1 atom stereocenters. The second-order valence-electron chi connectivity index (χ2n) is 5.13. The Kier molecular flexibility index (Phi) is 2.53. The maximum atomic E-state index is 12.3. The minimum Gasteiger partial charge on any atom is -0.399 e. The Morgan fingerprint density at radius 2 is 2.11 bits per heavy atom. The average Bonchev–Trinajstić information content (AvgIpc) is 2.97. The summed E-state index contributed by atoms with van der Waals surface area (Å²) in [5.41, 5.74) is 8.17. The van der Waals surface area contributed by atoms with Crippen molar-refractivity contribution in [1.82, 2.24) is 4.72 Å². The maximum Gasteiger partial charge on any atom is 0.302 e. The molecule has 18 heavy (non-hydrogen) atoms. The van der Waals surface area contributed by atoms with Crippen LogP contribution in [0.3, 0.4) is 0 Å². The van der Waals surface area contributed by atoms with Crippen molar-refractivity contribution in [3.8, 4) is 0 Å². The van der Waals surface area contributed by atoms with Crippen molar-refractivity contribution >= 4 is 21.6 Å². The third kappa shape index (κ3) is 1.95. The SMILES string of the molecule is CC1Cc2cc(N)ccc2N1S(=O)(=O)NC1CC1. The van der Waals surface area contributed by atoms with Crippen LogP contribution in [-0.4, -0.2) is 20.5 Å². The maximum absolute atomic E-state index is 12.3. The highest BCUT2D eigenvalue weighted by atomic mass is 32.2. The summed E-state index contributed by atoms with van der Waals surface area (Å²) in [6.45, 7) is 1.92. The first-order valence-electron chi connectivity index (χ1n) is 6.17. The number of nitrogen functional groups attached to an aromatic ring is 1. The lowest BCUT2D eigenvalue weighted by molar-refractivity contribution is 0.569. The molecule has 3 rings (SSSR count). The molecule has 1 unspecified atom stereocenters. The van der Waals surface area contributed by atoms with E-state index >= 15 is 0 Å². The highest BCUT2D eigenvalue weighted by molar-refractivity contribution is 7.91. The summed E-state index contributed by atoms with van der Waals surface area (Å²) >= 11 is 0. The summed E-state index contributed by atoms with van der Waals surface area (Å²) in [6.07, 6.45) is 2.60. The van der Waals surface area contributed by atoms with E-state index in [0.717, 1.165) is 24.1 Å². The van der Waals surface area contributed by atoms with Crippen molar-refractivity contribution in [2.45, 2.75) is 38.3 Å². The largest absolute Gasteiger partial charge is 0.399 e. The number of nitrogens with one attached hydrogen (secondary N) is 1. The first kappa shape index (κ1) is 11.8. The van der Waals surface area contributed by atoms with E-state index in [1.165, 1.54) is 4.31 Å². The molecule has 1 saturated carbocycles. The smallest absolute Gasteiger partial charge is 0.302 e. The van der Waals surface area contributed by atoms with Crippen LogP contribution in [0.5, 0.6) is 0 Å². The Morgan fingerprint density at radius 3 is 2.78 bits per heavy atom. The molecule has 5 nitrogen and oxygen atoms in total. The van der Waals surface area contributed by atoms with Gasteiger partial charge < -0.3 is 5.73 Å². The zero-order chi connectivity index (χ0) is 12.9. The predicted molar refractivity (Wildman–Crippen MR) is 71.6 cm³/mol. The van der Waals surface area contributed by atoms with E-state index < -0.39 is 10.2 Å². The molecule has 2 aliphatic rings. The molecule has 1 aliphatic carbocycles. The van der Waals surface area contributed by atoms with Crippen LogP contribution in [0.15, 0.2) is 18.2 Å². The summed E-state index contributed by atoms with van der Waals surface area (Å²) in [5.74, 6) is 0. The molecule has 0 spiro atoms. The van der Waals surface area contributed by atoms with Gasteiger partial charge in [0.2, 0.25) is 0 Å². The van der Waals surface area contributed by atoms with Crippen LogP contribution in [0.2, 0.25) is 0 Å². The van der Waals surface area contributed by atoms with Gasteiger partial charge in [0.1, 0.15) is 0 Å². The van der Waals surface area contributed by atoms with Crippen LogP contribution < -0.4 is 14.8 Å². The van der Waals surface area contributed by atoms with Crippen molar-refractivity contribution in [2.75, 3.05) is 10.0 Å². The van der Waals surface area contributed by atoms with E-state index in [9.17, 15) is 8.42 Å². The van der Waals surface area contributed by atoms with Crippen molar-refractivity contribution in [3.63, 3.8) is 0 Å². The van der Waals surface area contributed by atoms with Gasteiger partial charge in [-0.15, -0.1) is 0 Å². The van der Waals surface area contributed by atoms with Crippen molar-refractivity contribution in [2.24, 2.45) is 0 Å². The number of nitrogens with zero attached hydrogens (tertiary/aromatic N) is 1. The predicted octanol–water partition coefficient (Wildman–Crippen LogP) is 1.02. The van der Waals surface area contributed by atoms with E-state index in [0.29, 0.717) is 12.1 Å². The quantitative estimate of drug-likeness (QED) is 0.803. The summed E-state index contributed by atoms with van der Waals surface area (Å²) in [6, 6.07) is 5.47. The summed E-state index contributed by atoms with van der Waals surface area (Å²) in [7, 11) is -3.43. The van der Waals surface area contributed by atoms with Crippen LogP contribution in [-0.2, 0) is 16.6 Å². The van der Waals surface area contributed by atoms with Gasteiger partial charge in [-0.2, -0.15) is 13.1 Å². The normalized spacial score (nSPS) is 23.2. The molecular formula is C12H17N3O2S. The lowest BCUT2D eigenvalue weighted by atomic mass is 10.1. The molecule has 0 aromatic heterocycles. The Labute approximate surface area is 107 Å². The first-order valence-corrected chi connectivity index (χ1v) is 7.61. The number of benzene rings is 1. The second kappa shape index (κ2) is 3.86. The fourth-order valence-electron chi connectivity index (χ4n) is 2.46. The molecule has 0 radical (unpaired) electrons. The zero-order valence-corrected chi connectivity index (χ0v) is 11.1. The van der Waals surface area contributed by atoms with Crippen molar-refractivity contribution in [1.29, 1.82) is 0 Å². The zero-order valence-electron chi connectivity index (χ0n) is 10.3. The second-order valence-corrected chi connectivity index (χ2v) is 6.71. The molecule has 0 saturated heterocycles. The van der Waals surface area contributed by atoms with Crippen LogP contribution in [0, 0.1) is 0 Å². The minimum atomic E-state index is -3.43. The van der Waals surface area contributed by atoms with E-state index in [2.05, 4.69) is 4.72 Å². The lowest BCUT2D eigenvalue weighted by Gasteiger charge is -2.24. The van der Waals surface area contributed by atoms with E-state index in [1.54, 1.807) is 12.1 Å². The van der Waals surface area contributed by atoms with Gasteiger partial charge in [0.25, 0.3) is 0 Å². The number of rotatable bonds is 3. The fraction of sp³-hybridized carbons (Fsp3) is 0.500. The molecule has 1 fully saturated rings. The Bertz CT molecular complexity index is 581. The lowest BCUT2D eigenvalue weighted by Crippen LogP contribution is -2.44. The number of anilines is 2. The molecule has 3 N–H and O–H groups in total. The van der Waals surface area contributed by atoms with Crippen molar-refractivity contribution < 1.29 is 8.42 Å². The highest BCUT2D eigenvalue weighted by Gasteiger charge is 2.38. The van der Waals surface area contributed by atoms with E-state index in [4.69, 9.17) is 5.73 Å². The van der Waals surface area contributed by atoms with Crippen LogP contribution in [0.25, 0.3) is 0 Å². The third-order valence-corrected chi connectivity index (χ3v) is 5.11. The molecule has 98 valence electrons. The number of fused-ring (bicyclic) bond motifs is 1. The van der Waals surface area contributed by atoms with Crippen molar-refractivity contribution in [3.05, 3.63) is 23.8 Å². The summed E-state index contributed by atoms with van der Waals surface area (Å²) in [5, 5.41) is 0. The molecule has 6 heteroatoms. The standard InChI is InChI=1S/C12H17N3O2S/c1-8-6-9-7-10(13)2-5-12(9)15(8)18(16,17)14-11-3-4-11/h2,5,7-8,11,14H,3-4,6,13H2,1H3. The van der Waals surface area contributed by atoms with Gasteiger partial charge in [-0.1, -0.05) is 0 Å². The molecule has 0 amide bonds. The molecular weight excluding hydrogens is 250 g/mol. The Hall–Kier alpha value is -1.27. The first-order chi connectivity index (χ1) is 8.47. The van der Waals surface area contributed by atoms with Crippen LogP contribution in [0.4, 0.5) is 11.4 Å². The fourth-order valence-corrected chi connectivity index (χ4v) is 4.21. The van der Waals surface area contributed by atoms with E-state index in [1.807, 2.05) is 13.0 Å². The number of hydrogen-bond donors (Lipinski definition) is 2. The van der Waals surface area contributed by atoms with Gasteiger partial charge in [-0.25, -0.2) is 0 Å². The van der Waals surface area contributed by atoms with Gasteiger partial charge in [-0.3, -0.25) is 4.31 Å². The number of nitrogens with two attached hydrogens (primary N) is 1. The Balaban J connectivity index is 1.98. The molecule has 1 aromatic carbocycles. The van der Waals surface area contributed by atoms with Gasteiger partial charge in [-0.05, 0) is 49.9 Å². The third-order valence-electron chi connectivity index (χ3n) is 3.41. The minimum absolute atomic E-state index is 0.0574. The topological polar surface area (TPSA) is 75.4 Å². The summed E-state index contributed by atoms with van der Waals surface area (Å²) < 4.78 is 28.9. The van der Waals surface area contributed by atoms with Gasteiger partial charge in [0.15, 0.2) is 0 Å². The summed E-state index contributed by atoms with van der Waals surface area (Å²) in [4.78, 5) is 0. The van der Waals surface area contributed by atoms with Crippen LogP contribution >= 0.6 is 0 Å². The van der Waals surface area contributed by atoms with E-state index in [-0.39, 0.29) is 12.1 Å². The monoisotopic (exact) mass is 267 g/mol. The molecule has 0 bridgehead atoms.